The van der Waals surface area contributed by atoms with E-state index in [1.807, 2.05) is 6.92 Å². The van der Waals surface area contributed by atoms with Crippen LogP contribution in [0.15, 0.2) is 6.33 Å². The molecule has 1 aromatic rings. The highest BCUT2D eigenvalue weighted by Crippen LogP contribution is 2.07. The summed E-state index contributed by atoms with van der Waals surface area (Å²) in [5.41, 5.74) is 0. The first-order valence-electron chi connectivity index (χ1n) is 6.11. The molecule has 0 aromatic carbocycles. The van der Waals surface area contributed by atoms with E-state index in [9.17, 15) is 8.42 Å². The minimum atomic E-state index is -3.26. The van der Waals surface area contributed by atoms with E-state index < -0.39 is 10.0 Å². The Kier molecular flexibility index (Phi) is 6.23. The largest absolute Gasteiger partial charge is 0.317 e. The molecule has 0 saturated heterocycles. The molecule has 0 fully saturated rings. The summed E-state index contributed by atoms with van der Waals surface area (Å²) < 4.78 is 26.1. The Morgan fingerprint density at radius 1 is 1.44 bits per heavy atom. The molecule has 0 radical (unpaired) electrons. The van der Waals surface area contributed by atoms with Crippen molar-refractivity contribution in [3.8, 4) is 0 Å². The number of hydrogen-bond donors (Lipinski definition) is 3. The molecular weight excluding hydrogens is 254 g/mol. The van der Waals surface area contributed by atoms with Crippen molar-refractivity contribution in [1.82, 2.24) is 25.2 Å². The number of aromatic nitrogens is 3. The lowest BCUT2D eigenvalue weighted by atomic mass is 10.3. The average molecular weight is 275 g/mol. The average Bonchev–Trinajstić information content (AvgIpc) is 2.81. The zero-order valence-corrected chi connectivity index (χ0v) is 11.6. The normalized spacial score (nSPS) is 13.7. The summed E-state index contributed by atoms with van der Waals surface area (Å²) in [6, 6.07) is -0.383. The first-order chi connectivity index (χ1) is 8.55. The van der Waals surface area contributed by atoms with E-state index in [0.29, 0.717) is 12.2 Å². The number of unbranched alkanes of at least 4 members (excludes halogenated alkanes) is 1. The summed E-state index contributed by atoms with van der Waals surface area (Å²) in [6.07, 6.45) is 2.85. The van der Waals surface area contributed by atoms with E-state index in [1.54, 1.807) is 6.92 Å². The van der Waals surface area contributed by atoms with Gasteiger partial charge in [-0.1, -0.05) is 6.92 Å². The van der Waals surface area contributed by atoms with Crippen LogP contribution >= 0.6 is 0 Å². The van der Waals surface area contributed by atoms with E-state index in [-0.39, 0.29) is 11.8 Å². The van der Waals surface area contributed by atoms with Crippen LogP contribution in [0, 0.1) is 0 Å². The maximum absolute atomic E-state index is 11.8. The molecule has 1 heterocycles. The predicted molar refractivity (Wildman–Crippen MR) is 69.5 cm³/mol. The van der Waals surface area contributed by atoms with Gasteiger partial charge in [0.15, 0.2) is 0 Å². The second kappa shape index (κ2) is 7.45. The summed E-state index contributed by atoms with van der Waals surface area (Å²) in [7, 11) is -3.26. The SMILES string of the molecule is CCNCCCCS(=O)(=O)NC(C)c1ncn[nH]1. The Labute approximate surface area is 108 Å². The summed E-state index contributed by atoms with van der Waals surface area (Å²) in [4.78, 5) is 3.92. The first kappa shape index (κ1) is 15.1. The van der Waals surface area contributed by atoms with Crippen molar-refractivity contribution in [1.29, 1.82) is 0 Å². The van der Waals surface area contributed by atoms with Gasteiger partial charge in [0, 0.05) is 0 Å². The minimum absolute atomic E-state index is 0.136. The predicted octanol–water partition coefficient (Wildman–Crippen LogP) is 0.175. The van der Waals surface area contributed by atoms with Crippen molar-refractivity contribution in [2.45, 2.75) is 32.7 Å². The molecule has 0 spiro atoms. The smallest absolute Gasteiger partial charge is 0.212 e. The second-order valence-electron chi connectivity index (χ2n) is 4.09. The van der Waals surface area contributed by atoms with E-state index >= 15 is 0 Å². The number of aromatic amines is 1. The van der Waals surface area contributed by atoms with E-state index in [0.717, 1.165) is 19.5 Å². The van der Waals surface area contributed by atoms with Crippen LogP contribution in [-0.4, -0.2) is 42.4 Å². The summed E-state index contributed by atoms with van der Waals surface area (Å²) in [5, 5.41) is 9.49. The highest BCUT2D eigenvalue weighted by Gasteiger charge is 2.16. The molecule has 1 rings (SSSR count). The Morgan fingerprint density at radius 3 is 2.83 bits per heavy atom. The molecule has 7 nitrogen and oxygen atoms in total. The monoisotopic (exact) mass is 275 g/mol. The standard InChI is InChI=1S/C10H21N5O2S/c1-3-11-6-4-5-7-18(16,17)15-9(2)10-12-8-13-14-10/h8-9,11,15H,3-7H2,1-2H3,(H,12,13,14). The van der Waals surface area contributed by atoms with Crippen LogP contribution in [0.2, 0.25) is 0 Å². The van der Waals surface area contributed by atoms with E-state index in [4.69, 9.17) is 0 Å². The summed E-state index contributed by atoms with van der Waals surface area (Å²) >= 11 is 0. The third-order valence-corrected chi connectivity index (χ3v) is 4.01. The summed E-state index contributed by atoms with van der Waals surface area (Å²) in [5.74, 6) is 0.655. The molecule has 0 aliphatic carbocycles. The van der Waals surface area contributed by atoms with Crippen LogP contribution in [0.1, 0.15) is 38.6 Å². The Balaban J connectivity index is 2.31. The lowest BCUT2D eigenvalue weighted by Crippen LogP contribution is -2.30. The fraction of sp³-hybridized carbons (Fsp3) is 0.800. The third-order valence-electron chi connectivity index (χ3n) is 2.47. The van der Waals surface area contributed by atoms with E-state index in [2.05, 4.69) is 25.2 Å². The van der Waals surface area contributed by atoms with Crippen molar-refractivity contribution in [3.63, 3.8) is 0 Å². The molecule has 0 bridgehead atoms. The van der Waals surface area contributed by atoms with Gasteiger partial charge in [0.25, 0.3) is 0 Å². The molecule has 104 valence electrons. The highest BCUT2D eigenvalue weighted by molar-refractivity contribution is 7.89. The fourth-order valence-corrected chi connectivity index (χ4v) is 2.88. The summed E-state index contributed by atoms with van der Waals surface area (Å²) in [6.45, 7) is 5.52. The molecule has 1 aromatic heterocycles. The molecule has 8 heteroatoms. The van der Waals surface area contributed by atoms with Gasteiger partial charge in [-0.15, -0.1) is 0 Å². The van der Waals surface area contributed by atoms with Gasteiger partial charge in [-0.2, -0.15) is 5.10 Å². The van der Waals surface area contributed by atoms with Gasteiger partial charge in [0.1, 0.15) is 12.2 Å². The molecule has 3 N–H and O–H groups in total. The molecular formula is C10H21N5O2S. The fourth-order valence-electron chi connectivity index (χ4n) is 1.53. The van der Waals surface area contributed by atoms with Crippen LogP contribution in [0.4, 0.5) is 0 Å². The second-order valence-corrected chi connectivity index (χ2v) is 5.96. The zero-order valence-electron chi connectivity index (χ0n) is 10.8. The number of nitrogens with zero attached hydrogens (tertiary/aromatic N) is 2. The van der Waals surface area contributed by atoms with Gasteiger partial charge in [-0.25, -0.2) is 18.1 Å². The minimum Gasteiger partial charge on any atom is -0.317 e. The zero-order chi connectivity index (χ0) is 13.4. The van der Waals surface area contributed by atoms with Gasteiger partial charge >= 0.3 is 0 Å². The van der Waals surface area contributed by atoms with Crippen LogP contribution in [0.25, 0.3) is 0 Å². The molecule has 1 atom stereocenters. The van der Waals surface area contributed by atoms with Gasteiger partial charge < -0.3 is 5.32 Å². The Bertz CT molecular complexity index is 417. The number of hydrogen-bond acceptors (Lipinski definition) is 5. The number of H-pyrrole nitrogens is 1. The lowest BCUT2D eigenvalue weighted by Gasteiger charge is -2.11. The molecule has 1 unspecified atom stereocenters. The molecule has 18 heavy (non-hydrogen) atoms. The van der Waals surface area contributed by atoms with Crippen molar-refractivity contribution >= 4 is 10.0 Å². The molecule has 0 aliphatic rings. The lowest BCUT2D eigenvalue weighted by molar-refractivity contribution is 0.554. The number of rotatable bonds is 9. The quantitative estimate of drug-likeness (QED) is 0.558. The van der Waals surface area contributed by atoms with Gasteiger partial charge in [0.2, 0.25) is 10.0 Å². The maximum Gasteiger partial charge on any atom is 0.212 e. The van der Waals surface area contributed by atoms with Crippen molar-refractivity contribution in [2.24, 2.45) is 0 Å². The van der Waals surface area contributed by atoms with Crippen LogP contribution in [0.5, 0.6) is 0 Å². The first-order valence-corrected chi connectivity index (χ1v) is 7.76. The van der Waals surface area contributed by atoms with Gasteiger partial charge in [-0.05, 0) is 32.9 Å². The van der Waals surface area contributed by atoms with Gasteiger partial charge in [-0.3, -0.25) is 5.10 Å². The highest BCUT2D eigenvalue weighted by atomic mass is 32.2. The topological polar surface area (TPSA) is 99.8 Å². The van der Waals surface area contributed by atoms with Crippen LogP contribution in [0.3, 0.4) is 0 Å². The third kappa shape index (κ3) is 5.56. The van der Waals surface area contributed by atoms with Crippen molar-refractivity contribution in [2.75, 3.05) is 18.8 Å². The Morgan fingerprint density at radius 2 is 2.22 bits per heavy atom. The van der Waals surface area contributed by atoms with Crippen LogP contribution < -0.4 is 10.0 Å². The number of sulfonamides is 1. The molecule has 0 amide bonds. The van der Waals surface area contributed by atoms with Crippen LogP contribution in [-0.2, 0) is 10.0 Å². The van der Waals surface area contributed by atoms with E-state index in [1.165, 1.54) is 6.33 Å². The maximum atomic E-state index is 11.8. The van der Waals surface area contributed by atoms with Crippen molar-refractivity contribution in [3.05, 3.63) is 12.2 Å². The molecule has 0 saturated carbocycles. The molecule has 0 aliphatic heterocycles. The Hall–Kier alpha value is -0.990. The van der Waals surface area contributed by atoms with Gasteiger partial charge in [0.05, 0.1) is 11.8 Å². The number of nitrogens with one attached hydrogen (secondary N) is 3. The van der Waals surface area contributed by atoms with Crippen molar-refractivity contribution < 1.29 is 8.42 Å².